The number of aryl methyl sites for hydroxylation is 1. The van der Waals surface area contributed by atoms with Gasteiger partial charge in [0.15, 0.2) is 0 Å². The number of thiazole rings is 1. The molecule has 0 bridgehead atoms. The fourth-order valence-corrected chi connectivity index (χ4v) is 3.34. The molecule has 1 aromatic heterocycles. The Bertz CT molecular complexity index is 652. The fourth-order valence-electron chi connectivity index (χ4n) is 2.50. The van der Waals surface area contributed by atoms with E-state index in [1.165, 1.54) is 11.3 Å². The van der Waals surface area contributed by atoms with Gasteiger partial charge in [-0.1, -0.05) is 20.8 Å². The van der Waals surface area contributed by atoms with E-state index in [4.69, 9.17) is 0 Å². The normalized spacial score (nSPS) is 13.0. The van der Waals surface area contributed by atoms with Crippen molar-refractivity contribution in [1.29, 1.82) is 0 Å². The first kappa shape index (κ1) is 15.9. The standard InChI is InChI=1S/C15H21N3O2S/c1-5-16-12(9(2)3)6-11-7-13-15(21-10(4)17-13)8-14(11)18(19)20/h7-9,12,16H,5-6H2,1-4H3. The van der Waals surface area contributed by atoms with Crippen LogP contribution in [0.15, 0.2) is 12.1 Å². The highest BCUT2D eigenvalue weighted by molar-refractivity contribution is 7.18. The molecule has 6 heteroatoms. The van der Waals surface area contributed by atoms with Gasteiger partial charge in [-0.2, -0.15) is 0 Å². The Morgan fingerprint density at radius 2 is 2.14 bits per heavy atom. The molecule has 1 atom stereocenters. The van der Waals surface area contributed by atoms with Crippen LogP contribution in [0, 0.1) is 23.0 Å². The maximum Gasteiger partial charge on any atom is 0.274 e. The molecule has 0 spiro atoms. The number of hydrogen-bond donors (Lipinski definition) is 1. The molecule has 1 aromatic carbocycles. The van der Waals surface area contributed by atoms with Gasteiger partial charge in [0.25, 0.3) is 5.69 Å². The van der Waals surface area contributed by atoms with E-state index in [1.54, 1.807) is 6.07 Å². The third-order valence-corrected chi connectivity index (χ3v) is 4.54. The molecule has 21 heavy (non-hydrogen) atoms. The lowest BCUT2D eigenvalue weighted by atomic mass is 9.95. The molecule has 0 saturated carbocycles. The highest BCUT2D eigenvalue weighted by Crippen LogP contribution is 2.30. The predicted octanol–water partition coefficient (Wildman–Crippen LogP) is 3.69. The first-order valence-corrected chi connectivity index (χ1v) is 8.01. The minimum absolute atomic E-state index is 0.203. The second-order valence-electron chi connectivity index (χ2n) is 5.55. The molecule has 5 nitrogen and oxygen atoms in total. The maximum atomic E-state index is 11.4. The lowest BCUT2D eigenvalue weighted by Crippen LogP contribution is -2.35. The Morgan fingerprint density at radius 3 is 2.71 bits per heavy atom. The zero-order chi connectivity index (χ0) is 15.6. The van der Waals surface area contributed by atoms with Crippen molar-refractivity contribution in [3.05, 3.63) is 32.8 Å². The topological polar surface area (TPSA) is 68.1 Å². The van der Waals surface area contributed by atoms with Crippen LogP contribution in [0.3, 0.4) is 0 Å². The van der Waals surface area contributed by atoms with E-state index >= 15 is 0 Å². The average Bonchev–Trinajstić information content (AvgIpc) is 2.76. The Hall–Kier alpha value is -1.53. The summed E-state index contributed by atoms with van der Waals surface area (Å²) >= 11 is 1.50. The van der Waals surface area contributed by atoms with Gasteiger partial charge in [-0.15, -0.1) is 11.3 Å². The van der Waals surface area contributed by atoms with Crippen molar-refractivity contribution in [3.63, 3.8) is 0 Å². The fraction of sp³-hybridized carbons (Fsp3) is 0.533. The molecule has 0 radical (unpaired) electrons. The summed E-state index contributed by atoms with van der Waals surface area (Å²) in [4.78, 5) is 15.5. The SMILES string of the molecule is CCNC(Cc1cc2nc(C)sc2cc1[N+](=O)[O-])C(C)C. The number of rotatable bonds is 6. The summed E-state index contributed by atoms with van der Waals surface area (Å²) in [6, 6.07) is 3.77. The van der Waals surface area contributed by atoms with Crippen LogP contribution in [-0.2, 0) is 6.42 Å². The van der Waals surface area contributed by atoms with Crippen LogP contribution in [0.25, 0.3) is 10.2 Å². The molecule has 0 aliphatic carbocycles. The number of likely N-dealkylation sites (N-methyl/N-ethyl adjacent to an activating group) is 1. The summed E-state index contributed by atoms with van der Waals surface area (Å²) in [6.07, 6.45) is 0.647. The van der Waals surface area contributed by atoms with Gasteiger partial charge in [0.05, 0.1) is 20.1 Å². The Labute approximate surface area is 128 Å². The van der Waals surface area contributed by atoms with Crippen LogP contribution in [-0.4, -0.2) is 22.5 Å². The quantitative estimate of drug-likeness (QED) is 0.653. The third-order valence-electron chi connectivity index (χ3n) is 3.60. The molecular formula is C15H21N3O2S. The first-order chi connectivity index (χ1) is 9.92. The van der Waals surface area contributed by atoms with Gasteiger partial charge in [-0.05, 0) is 31.9 Å². The van der Waals surface area contributed by atoms with Gasteiger partial charge < -0.3 is 5.32 Å². The van der Waals surface area contributed by atoms with E-state index < -0.39 is 0 Å². The first-order valence-electron chi connectivity index (χ1n) is 7.20. The number of nitrogens with one attached hydrogen (secondary N) is 1. The van der Waals surface area contributed by atoms with Crippen LogP contribution in [0.4, 0.5) is 5.69 Å². The van der Waals surface area contributed by atoms with E-state index in [9.17, 15) is 10.1 Å². The Kier molecular flexibility index (Phi) is 4.90. The molecule has 0 aliphatic heterocycles. The van der Waals surface area contributed by atoms with Crippen molar-refractivity contribution in [2.24, 2.45) is 5.92 Å². The second kappa shape index (κ2) is 6.49. The number of nitrogens with zero attached hydrogens (tertiary/aromatic N) is 2. The van der Waals surface area contributed by atoms with Crippen molar-refractivity contribution in [2.45, 2.75) is 40.2 Å². The van der Waals surface area contributed by atoms with Gasteiger partial charge >= 0.3 is 0 Å². The molecule has 114 valence electrons. The van der Waals surface area contributed by atoms with Crippen molar-refractivity contribution in [1.82, 2.24) is 10.3 Å². The van der Waals surface area contributed by atoms with Crippen molar-refractivity contribution in [2.75, 3.05) is 6.54 Å². The number of benzene rings is 1. The minimum atomic E-state index is -0.285. The van der Waals surface area contributed by atoms with Crippen molar-refractivity contribution in [3.8, 4) is 0 Å². The summed E-state index contributed by atoms with van der Waals surface area (Å²) in [5.41, 5.74) is 1.82. The van der Waals surface area contributed by atoms with Gasteiger partial charge in [0.2, 0.25) is 0 Å². The molecular weight excluding hydrogens is 286 g/mol. The van der Waals surface area contributed by atoms with Crippen molar-refractivity contribution < 1.29 is 4.92 Å². The van der Waals surface area contributed by atoms with Gasteiger partial charge in [0.1, 0.15) is 0 Å². The van der Waals surface area contributed by atoms with Crippen LogP contribution in [0.1, 0.15) is 31.3 Å². The Balaban J connectivity index is 2.44. The summed E-state index contributed by atoms with van der Waals surface area (Å²) < 4.78 is 0.882. The average molecular weight is 307 g/mol. The van der Waals surface area contributed by atoms with E-state index in [2.05, 4.69) is 31.1 Å². The smallest absolute Gasteiger partial charge is 0.274 e. The largest absolute Gasteiger partial charge is 0.314 e. The molecule has 1 N–H and O–H groups in total. The van der Waals surface area contributed by atoms with Crippen LogP contribution >= 0.6 is 11.3 Å². The van der Waals surface area contributed by atoms with E-state index in [1.807, 2.05) is 13.0 Å². The summed E-state index contributed by atoms with van der Waals surface area (Å²) in [5.74, 6) is 0.414. The zero-order valence-corrected chi connectivity index (χ0v) is 13.7. The van der Waals surface area contributed by atoms with E-state index in [0.717, 1.165) is 27.3 Å². The number of hydrogen-bond acceptors (Lipinski definition) is 5. The molecule has 0 amide bonds. The summed E-state index contributed by atoms with van der Waals surface area (Å²) in [7, 11) is 0. The molecule has 1 unspecified atom stereocenters. The van der Waals surface area contributed by atoms with E-state index in [-0.39, 0.29) is 16.7 Å². The number of nitro benzene ring substituents is 1. The van der Waals surface area contributed by atoms with Crippen molar-refractivity contribution >= 4 is 27.2 Å². The number of nitro groups is 1. The lowest BCUT2D eigenvalue weighted by Gasteiger charge is -2.21. The molecule has 0 saturated heterocycles. The van der Waals surface area contributed by atoms with Crippen LogP contribution in [0.5, 0.6) is 0 Å². The van der Waals surface area contributed by atoms with Crippen LogP contribution < -0.4 is 5.32 Å². The lowest BCUT2D eigenvalue weighted by molar-refractivity contribution is -0.385. The maximum absolute atomic E-state index is 11.4. The van der Waals surface area contributed by atoms with Gasteiger partial charge in [-0.25, -0.2) is 4.98 Å². The summed E-state index contributed by atoms with van der Waals surface area (Å²) in [6.45, 7) is 9.09. The van der Waals surface area contributed by atoms with Gasteiger partial charge in [0, 0.05) is 17.7 Å². The second-order valence-corrected chi connectivity index (χ2v) is 6.79. The van der Waals surface area contributed by atoms with Gasteiger partial charge in [-0.3, -0.25) is 10.1 Å². The number of fused-ring (bicyclic) bond motifs is 1. The molecule has 0 fully saturated rings. The number of aromatic nitrogens is 1. The predicted molar refractivity (Wildman–Crippen MR) is 87.0 cm³/mol. The molecule has 2 aromatic rings. The monoisotopic (exact) mass is 307 g/mol. The third kappa shape index (κ3) is 3.57. The van der Waals surface area contributed by atoms with E-state index in [0.29, 0.717) is 12.3 Å². The summed E-state index contributed by atoms with van der Waals surface area (Å²) in [5, 5.41) is 15.7. The highest BCUT2D eigenvalue weighted by Gasteiger charge is 2.21. The molecule has 2 rings (SSSR count). The zero-order valence-electron chi connectivity index (χ0n) is 12.8. The highest BCUT2D eigenvalue weighted by atomic mass is 32.1. The molecule has 1 heterocycles. The molecule has 0 aliphatic rings. The van der Waals surface area contributed by atoms with Crippen LogP contribution in [0.2, 0.25) is 0 Å². The minimum Gasteiger partial charge on any atom is -0.314 e. The Morgan fingerprint density at radius 1 is 1.43 bits per heavy atom.